The lowest BCUT2D eigenvalue weighted by molar-refractivity contribution is -0.139. The summed E-state index contributed by atoms with van der Waals surface area (Å²) in [6, 6.07) is 7.13. The molecule has 0 radical (unpaired) electrons. The highest BCUT2D eigenvalue weighted by molar-refractivity contribution is 5.73. The third kappa shape index (κ3) is 10.1. The molecule has 0 bridgehead atoms. The molecule has 1 aromatic carbocycles. The Morgan fingerprint density at radius 3 is 2.24 bits per heavy atom. The van der Waals surface area contributed by atoms with Gasteiger partial charge in [-0.3, -0.25) is 4.79 Å². The van der Waals surface area contributed by atoms with Gasteiger partial charge in [0.15, 0.2) is 0 Å². The molecule has 0 aromatic heterocycles. The minimum Gasteiger partial charge on any atom is -0.508 e. The van der Waals surface area contributed by atoms with Gasteiger partial charge in [-0.05, 0) is 56.5 Å². The van der Waals surface area contributed by atoms with E-state index in [1.165, 1.54) is 31.4 Å². The number of aromatic hydroxyl groups is 1. The van der Waals surface area contributed by atoms with Crippen LogP contribution in [0.2, 0.25) is 0 Å². The van der Waals surface area contributed by atoms with E-state index >= 15 is 0 Å². The van der Waals surface area contributed by atoms with Crippen molar-refractivity contribution in [3.05, 3.63) is 29.8 Å². The third-order valence-corrected chi connectivity index (χ3v) is 5.16. The van der Waals surface area contributed by atoms with Crippen LogP contribution in [0, 0.1) is 5.92 Å². The van der Waals surface area contributed by atoms with E-state index in [9.17, 15) is 9.90 Å². The molecule has 1 amide bonds. The number of carbonyl (C=O) groups is 2. The summed E-state index contributed by atoms with van der Waals surface area (Å²) in [6.45, 7) is 8.12. The van der Waals surface area contributed by atoms with Crippen LogP contribution in [0.3, 0.4) is 0 Å². The lowest BCUT2D eigenvalue weighted by Gasteiger charge is -2.35. The van der Waals surface area contributed by atoms with Crippen LogP contribution in [0.1, 0.15) is 52.0 Å². The Labute approximate surface area is 173 Å². The first kappa shape index (κ1) is 26.7. The number of carboxylic acid groups (broad SMARTS) is 2. The summed E-state index contributed by atoms with van der Waals surface area (Å²) in [7, 11) is 2.21. The molecule has 1 saturated heterocycles. The van der Waals surface area contributed by atoms with E-state index in [4.69, 9.17) is 20.7 Å². The molecule has 29 heavy (non-hydrogen) atoms. The van der Waals surface area contributed by atoms with Gasteiger partial charge < -0.3 is 31.7 Å². The van der Waals surface area contributed by atoms with Crippen LogP contribution in [0.25, 0.3) is 0 Å². The Morgan fingerprint density at radius 2 is 1.83 bits per heavy atom. The van der Waals surface area contributed by atoms with Crippen molar-refractivity contribution in [1.82, 2.24) is 4.90 Å². The molecule has 1 fully saturated rings. The van der Waals surface area contributed by atoms with Crippen molar-refractivity contribution in [1.29, 1.82) is 0 Å². The maximum Gasteiger partial charge on any atom is 0.402 e. The van der Waals surface area contributed by atoms with E-state index in [1.54, 1.807) is 19.9 Å². The Morgan fingerprint density at radius 1 is 1.24 bits per heavy atom. The number of likely N-dealkylation sites (tertiary alicyclic amines) is 1. The molecule has 1 aromatic rings. The minimum absolute atomic E-state index is 0.0208. The summed E-state index contributed by atoms with van der Waals surface area (Å²) >= 11 is 0. The number of hydrogen-bond acceptors (Lipinski definition) is 5. The van der Waals surface area contributed by atoms with Crippen LogP contribution in [-0.4, -0.2) is 58.5 Å². The monoisotopic (exact) mass is 411 g/mol. The van der Waals surface area contributed by atoms with E-state index in [0.717, 1.165) is 13.0 Å². The van der Waals surface area contributed by atoms with E-state index in [2.05, 4.69) is 30.7 Å². The second kappa shape index (κ2) is 13.0. The number of likely N-dealkylation sites (N-methyl/N-ethyl adjacent to an activating group) is 1. The van der Waals surface area contributed by atoms with Gasteiger partial charge in [0.1, 0.15) is 11.8 Å². The predicted molar refractivity (Wildman–Crippen MR) is 114 cm³/mol. The van der Waals surface area contributed by atoms with Crippen molar-refractivity contribution < 1.29 is 24.9 Å². The van der Waals surface area contributed by atoms with Gasteiger partial charge in [-0.25, -0.2) is 4.79 Å². The normalized spacial score (nSPS) is 20.3. The molecule has 8 nitrogen and oxygen atoms in total. The molecular weight excluding hydrogens is 374 g/mol. The first-order valence-corrected chi connectivity index (χ1v) is 9.90. The van der Waals surface area contributed by atoms with Crippen LogP contribution in [0.5, 0.6) is 5.75 Å². The van der Waals surface area contributed by atoms with E-state index in [1.807, 2.05) is 12.1 Å². The molecule has 2 rings (SSSR count). The van der Waals surface area contributed by atoms with E-state index < -0.39 is 18.1 Å². The van der Waals surface area contributed by atoms with Crippen molar-refractivity contribution >= 4 is 12.1 Å². The summed E-state index contributed by atoms with van der Waals surface area (Å²) < 4.78 is 0. The summed E-state index contributed by atoms with van der Waals surface area (Å²) in [5.74, 6) is -0.519. The maximum absolute atomic E-state index is 10.0. The molecule has 0 spiro atoms. The summed E-state index contributed by atoms with van der Waals surface area (Å²) in [5.41, 5.74) is 10.7. The number of nitrogens with zero attached hydrogens (tertiary/aromatic N) is 1. The quantitative estimate of drug-likeness (QED) is 0.511. The first-order valence-electron chi connectivity index (χ1n) is 9.90. The molecule has 2 unspecified atom stereocenters. The second-order valence-electron chi connectivity index (χ2n) is 7.83. The van der Waals surface area contributed by atoms with Crippen molar-refractivity contribution in [3.63, 3.8) is 0 Å². The second-order valence-corrected chi connectivity index (χ2v) is 7.83. The Balaban J connectivity index is 0.000000547. The van der Waals surface area contributed by atoms with E-state index in [-0.39, 0.29) is 11.3 Å². The molecule has 0 saturated carbocycles. The van der Waals surface area contributed by atoms with Gasteiger partial charge in [0.25, 0.3) is 0 Å². The number of hydrogen-bond donors (Lipinski definition) is 5. The largest absolute Gasteiger partial charge is 0.508 e. The number of amides is 1. The highest BCUT2D eigenvalue weighted by atomic mass is 16.4. The van der Waals surface area contributed by atoms with E-state index in [0.29, 0.717) is 5.75 Å². The topological polar surface area (TPSA) is 150 Å². The van der Waals surface area contributed by atoms with Gasteiger partial charge >= 0.3 is 12.1 Å². The Hall–Kier alpha value is -2.32. The van der Waals surface area contributed by atoms with Crippen molar-refractivity contribution in [2.75, 3.05) is 20.1 Å². The molecular formula is C21H37N3O5. The fraction of sp³-hybridized carbons (Fsp3) is 0.619. The van der Waals surface area contributed by atoms with Crippen LogP contribution in [0.15, 0.2) is 24.3 Å². The molecule has 2 atom stereocenters. The lowest BCUT2D eigenvalue weighted by atomic mass is 9.74. The number of aliphatic carboxylic acids is 1. The zero-order chi connectivity index (χ0) is 22.6. The summed E-state index contributed by atoms with van der Waals surface area (Å²) in [6.07, 6.45) is 3.61. The number of benzene rings is 1. The maximum atomic E-state index is 10.0. The fourth-order valence-electron chi connectivity index (χ4n) is 3.37. The number of rotatable bonds is 4. The van der Waals surface area contributed by atoms with Gasteiger partial charge in [-0.2, -0.15) is 0 Å². The Kier molecular flexibility index (Phi) is 12.0. The average molecular weight is 412 g/mol. The fourth-order valence-corrected chi connectivity index (χ4v) is 3.37. The molecule has 7 N–H and O–H groups in total. The van der Waals surface area contributed by atoms with Crippen LogP contribution < -0.4 is 11.5 Å². The van der Waals surface area contributed by atoms with Gasteiger partial charge in [-0.15, -0.1) is 0 Å². The number of phenolic OH excluding ortho intramolecular Hbond substituents is 1. The van der Waals surface area contributed by atoms with Gasteiger partial charge in [0, 0.05) is 12.0 Å². The lowest BCUT2D eigenvalue weighted by Crippen LogP contribution is -2.37. The van der Waals surface area contributed by atoms with Crippen LogP contribution in [-0.2, 0) is 10.2 Å². The summed E-state index contributed by atoms with van der Waals surface area (Å²) in [5, 5.41) is 25.1. The van der Waals surface area contributed by atoms with Gasteiger partial charge in [0.2, 0.25) is 0 Å². The van der Waals surface area contributed by atoms with Crippen molar-refractivity contribution in [2.24, 2.45) is 17.4 Å². The Bertz CT molecular complexity index is 634. The number of nitrogens with two attached hydrogens (primary N) is 2. The highest BCUT2D eigenvalue weighted by Crippen LogP contribution is 2.37. The molecule has 0 aliphatic carbocycles. The standard InChI is InChI=1S/C15H23NO.C5H11NO2.CH3NO2/c1-3-15(9-4-5-10-16(2)12-15)13-7-6-8-14(17)11-13;1-3(2)4(6)5(7)8;2-1(3)4/h6-8,11,17H,3-5,9-10,12H2,1-2H3;3-4H,6H2,1-2H3,(H,7,8);2H2,(H,3,4). The zero-order valence-electron chi connectivity index (χ0n) is 18.0. The van der Waals surface area contributed by atoms with Crippen molar-refractivity contribution in [3.8, 4) is 5.75 Å². The molecule has 8 heteroatoms. The van der Waals surface area contributed by atoms with Crippen LogP contribution >= 0.6 is 0 Å². The molecule has 1 aliphatic heterocycles. The molecule has 1 heterocycles. The zero-order valence-corrected chi connectivity index (χ0v) is 18.0. The minimum atomic E-state index is -1.33. The predicted octanol–water partition coefficient (Wildman–Crippen LogP) is 2.83. The summed E-state index contributed by atoms with van der Waals surface area (Å²) in [4.78, 5) is 21.2. The SMILES string of the molecule is CC(C)C(N)C(=O)O.CCC1(c2cccc(O)c2)CCCCN(C)C1.NC(=O)O. The molecule has 166 valence electrons. The molecule has 1 aliphatic rings. The number of carboxylic acids is 1. The average Bonchev–Trinajstić information content (AvgIpc) is 2.83. The van der Waals surface area contributed by atoms with Gasteiger partial charge in [0.05, 0.1) is 0 Å². The smallest absolute Gasteiger partial charge is 0.402 e. The first-order chi connectivity index (χ1) is 13.4. The highest BCUT2D eigenvalue weighted by Gasteiger charge is 2.33. The third-order valence-electron chi connectivity index (χ3n) is 5.16. The number of primary amides is 1. The van der Waals surface area contributed by atoms with Crippen LogP contribution in [0.4, 0.5) is 4.79 Å². The van der Waals surface area contributed by atoms with Crippen molar-refractivity contribution in [2.45, 2.75) is 57.9 Å². The number of phenols is 1. The van der Waals surface area contributed by atoms with Gasteiger partial charge in [-0.1, -0.05) is 39.3 Å².